The van der Waals surface area contributed by atoms with Gasteiger partial charge in [-0.1, -0.05) is 18.2 Å². The van der Waals surface area contributed by atoms with Crippen molar-refractivity contribution in [1.29, 1.82) is 0 Å². The zero-order valence-corrected chi connectivity index (χ0v) is 12.4. The second kappa shape index (κ2) is 4.93. The normalized spacial score (nSPS) is 16.4. The predicted molar refractivity (Wildman–Crippen MR) is 77.9 cm³/mol. The van der Waals surface area contributed by atoms with Crippen LogP contribution in [-0.2, 0) is 14.9 Å². The molecule has 0 heterocycles. The highest BCUT2D eigenvalue weighted by Gasteiger charge is 2.50. The molecule has 4 heteroatoms. The number of anilines is 1. The van der Waals surface area contributed by atoms with Gasteiger partial charge in [0.25, 0.3) is 0 Å². The van der Waals surface area contributed by atoms with Crippen LogP contribution in [0.25, 0.3) is 0 Å². The van der Waals surface area contributed by atoms with E-state index in [1.54, 1.807) is 6.92 Å². The first-order valence-corrected chi connectivity index (χ1v) is 6.85. The van der Waals surface area contributed by atoms with E-state index in [0.29, 0.717) is 5.69 Å². The van der Waals surface area contributed by atoms with Crippen molar-refractivity contribution in [1.82, 2.24) is 0 Å². The molecule has 20 heavy (non-hydrogen) atoms. The molecular weight excluding hydrogens is 254 g/mol. The summed E-state index contributed by atoms with van der Waals surface area (Å²) >= 11 is 0. The van der Waals surface area contributed by atoms with E-state index in [1.165, 1.54) is 0 Å². The van der Waals surface area contributed by atoms with Gasteiger partial charge in [0.05, 0.1) is 5.41 Å². The molecule has 1 aliphatic rings. The molecule has 1 aromatic rings. The maximum Gasteiger partial charge on any atom is 0.412 e. The van der Waals surface area contributed by atoms with E-state index in [4.69, 9.17) is 4.74 Å². The number of ether oxygens (including phenoxy) is 1. The van der Waals surface area contributed by atoms with Crippen molar-refractivity contribution >= 4 is 17.6 Å². The largest absolute Gasteiger partial charge is 0.444 e. The maximum absolute atomic E-state index is 11.9. The van der Waals surface area contributed by atoms with Crippen LogP contribution in [0.15, 0.2) is 24.3 Å². The lowest BCUT2D eigenvalue weighted by Gasteiger charge is -2.22. The summed E-state index contributed by atoms with van der Waals surface area (Å²) in [6, 6.07) is 7.44. The van der Waals surface area contributed by atoms with Crippen molar-refractivity contribution in [3.8, 4) is 0 Å². The number of benzene rings is 1. The fourth-order valence-corrected chi connectivity index (χ4v) is 2.36. The van der Waals surface area contributed by atoms with Gasteiger partial charge in [-0.15, -0.1) is 0 Å². The van der Waals surface area contributed by atoms with E-state index in [1.807, 2.05) is 45.0 Å². The second-order valence-electron chi connectivity index (χ2n) is 6.31. The van der Waals surface area contributed by atoms with Crippen LogP contribution in [0.5, 0.6) is 0 Å². The topological polar surface area (TPSA) is 55.4 Å². The van der Waals surface area contributed by atoms with E-state index < -0.39 is 17.1 Å². The van der Waals surface area contributed by atoms with Crippen LogP contribution in [0.3, 0.4) is 0 Å². The molecule has 108 valence electrons. The number of para-hydroxylation sites is 1. The monoisotopic (exact) mass is 275 g/mol. The Hall–Kier alpha value is -1.84. The van der Waals surface area contributed by atoms with Crippen molar-refractivity contribution in [3.63, 3.8) is 0 Å². The summed E-state index contributed by atoms with van der Waals surface area (Å²) in [5, 5.41) is 2.75. The van der Waals surface area contributed by atoms with Gasteiger partial charge in [0.1, 0.15) is 11.4 Å². The Morgan fingerprint density at radius 1 is 1.20 bits per heavy atom. The fraction of sp³-hybridized carbons (Fsp3) is 0.500. The molecule has 0 spiro atoms. The molecule has 1 saturated carbocycles. The SMILES string of the molecule is CC(=O)C1(c2ccccc2NC(=O)OC(C)(C)C)CC1. The Labute approximate surface area is 119 Å². The Kier molecular flexibility index (Phi) is 3.59. The van der Waals surface area contributed by atoms with E-state index >= 15 is 0 Å². The molecule has 1 N–H and O–H groups in total. The molecule has 1 fully saturated rings. The molecule has 1 aromatic carbocycles. The first-order chi connectivity index (χ1) is 9.24. The molecule has 0 saturated heterocycles. The molecule has 1 amide bonds. The Balaban J connectivity index is 2.22. The Morgan fingerprint density at radius 3 is 2.30 bits per heavy atom. The number of Topliss-reactive ketones (excluding diaryl/α,β-unsaturated/α-hetero) is 1. The van der Waals surface area contributed by atoms with Gasteiger partial charge in [0.2, 0.25) is 0 Å². The number of rotatable bonds is 3. The quantitative estimate of drug-likeness (QED) is 0.916. The molecular formula is C16H21NO3. The third-order valence-electron chi connectivity index (χ3n) is 3.50. The predicted octanol–water partition coefficient (Wildman–Crippen LogP) is 3.65. The van der Waals surface area contributed by atoms with Gasteiger partial charge >= 0.3 is 6.09 Å². The summed E-state index contributed by atoms with van der Waals surface area (Å²) in [6.07, 6.45) is 1.19. The van der Waals surface area contributed by atoms with Crippen LogP contribution < -0.4 is 5.32 Å². The van der Waals surface area contributed by atoms with Crippen molar-refractivity contribution in [2.24, 2.45) is 0 Å². The lowest BCUT2D eigenvalue weighted by Crippen LogP contribution is -2.28. The van der Waals surface area contributed by atoms with Crippen molar-refractivity contribution in [2.45, 2.75) is 51.6 Å². The average Bonchev–Trinajstić information content (AvgIpc) is 3.08. The minimum Gasteiger partial charge on any atom is -0.444 e. The number of carbonyl (C=O) groups excluding carboxylic acids is 2. The van der Waals surface area contributed by atoms with Crippen LogP contribution in [0.1, 0.15) is 46.1 Å². The number of carbonyl (C=O) groups is 2. The summed E-state index contributed by atoms with van der Waals surface area (Å²) in [5.41, 5.74) is 0.593. The van der Waals surface area contributed by atoms with Gasteiger partial charge in [-0.25, -0.2) is 4.79 Å². The first kappa shape index (κ1) is 14.6. The van der Waals surface area contributed by atoms with E-state index in [-0.39, 0.29) is 5.78 Å². The van der Waals surface area contributed by atoms with E-state index in [2.05, 4.69) is 5.32 Å². The summed E-state index contributed by atoms with van der Waals surface area (Å²) in [7, 11) is 0. The molecule has 0 aromatic heterocycles. The Bertz CT molecular complexity index is 539. The van der Waals surface area contributed by atoms with Crippen molar-refractivity contribution in [2.75, 3.05) is 5.32 Å². The number of hydrogen-bond acceptors (Lipinski definition) is 3. The van der Waals surface area contributed by atoms with Gasteiger partial charge in [0.15, 0.2) is 0 Å². The number of hydrogen-bond donors (Lipinski definition) is 1. The zero-order valence-electron chi connectivity index (χ0n) is 12.4. The van der Waals surface area contributed by atoms with Crippen LogP contribution >= 0.6 is 0 Å². The standard InChI is InChI=1S/C16H21NO3/c1-11(18)16(9-10-16)12-7-5-6-8-13(12)17-14(19)20-15(2,3)4/h5-8H,9-10H2,1-4H3,(H,17,19). The highest BCUT2D eigenvalue weighted by Crippen LogP contribution is 2.51. The lowest BCUT2D eigenvalue weighted by atomic mass is 9.90. The van der Waals surface area contributed by atoms with Crippen LogP contribution in [0.2, 0.25) is 0 Å². The van der Waals surface area contributed by atoms with Gasteiger partial charge in [-0.05, 0) is 52.2 Å². The summed E-state index contributed by atoms with van der Waals surface area (Å²) in [4.78, 5) is 23.7. The molecule has 0 aliphatic heterocycles. The van der Waals surface area contributed by atoms with Crippen LogP contribution in [0.4, 0.5) is 10.5 Å². The molecule has 0 bridgehead atoms. The van der Waals surface area contributed by atoms with Crippen molar-refractivity contribution < 1.29 is 14.3 Å². The summed E-state index contributed by atoms with van der Waals surface area (Å²) in [5.74, 6) is 0.149. The van der Waals surface area contributed by atoms with E-state index in [9.17, 15) is 9.59 Å². The maximum atomic E-state index is 11.9. The molecule has 0 radical (unpaired) electrons. The number of nitrogens with one attached hydrogen (secondary N) is 1. The van der Waals surface area contributed by atoms with Gasteiger partial charge in [0, 0.05) is 5.69 Å². The molecule has 1 aliphatic carbocycles. The molecule has 0 unspecified atom stereocenters. The summed E-state index contributed by atoms with van der Waals surface area (Å²) in [6.45, 7) is 7.06. The van der Waals surface area contributed by atoms with Gasteiger partial charge in [-0.3, -0.25) is 10.1 Å². The minimum absolute atomic E-state index is 0.149. The van der Waals surface area contributed by atoms with Gasteiger partial charge < -0.3 is 4.74 Å². The minimum atomic E-state index is -0.545. The van der Waals surface area contributed by atoms with Crippen LogP contribution in [0, 0.1) is 0 Å². The highest BCUT2D eigenvalue weighted by atomic mass is 16.6. The Morgan fingerprint density at radius 2 is 1.80 bits per heavy atom. The summed E-state index contributed by atoms with van der Waals surface area (Å²) < 4.78 is 5.26. The zero-order chi connectivity index (χ0) is 15.0. The fourth-order valence-electron chi connectivity index (χ4n) is 2.36. The lowest BCUT2D eigenvalue weighted by molar-refractivity contribution is -0.119. The smallest absolute Gasteiger partial charge is 0.412 e. The van der Waals surface area contributed by atoms with Crippen LogP contribution in [-0.4, -0.2) is 17.5 Å². The van der Waals surface area contributed by atoms with Gasteiger partial charge in [-0.2, -0.15) is 0 Å². The average molecular weight is 275 g/mol. The molecule has 0 atom stereocenters. The highest BCUT2D eigenvalue weighted by molar-refractivity contribution is 5.95. The van der Waals surface area contributed by atoms with E-state index in [0.717, 1.165) is 18.4 Å². The first-order valence-electron chi connectivity index (χ1n) is 6.85. The van der Waals surface area contributed by atoms with Crippen molar-refractivity contribution in [3.05, 3.63) is 29.8 Å². The third kappa shape index (κ3) is 3.00. The molecule has 4 nitrogen and oxygen atoms in total. The second-order valence-corrected chi connectivity index (χ2v) is 6.31. The third-order valence-corrected chi connectivity index (χ3v) is 3.50. The number of ketones is 1. The number of amides is 1. The molecule has 2 rings (SSSR count).